The van der Waals surface area contributed by atoms with Crippen molar-refractivity contribution in [2.24, 2.45) is 0 Å². The molecule has 0 radical (unpaired) electrons. The molecule has 12 heavy (non-hydrogen) atoms. The Kier molecular flexibility index (Phi) is 11.2. The van der Waals surface area contributed by atoms with Gasteiger partial charge in [0.25, 0.3) is 0 Å². The van der Waals surface area contributed by atoms with E-state index in [4.69, 9.17) is 0 Å². The molecule has 1 heteroatoms. The molecule has 0 amide bonds. The van der Waals surface area contributed by atoms with Gasteiger partial charge in [-0.3, -0.25) is 0 Å². The second-order valence-corrected chi connectivity index (χ2v) is 4.18. The van der Waals surface area contributed by atoms with Crippen molar-refractivity contribution >= 4 is 11.8 Å². The van der Waals surface area contributed by atoms with Crippen LogP contribution >= 0.6 is 11.8 Å². The molecule has 0 aromatic carbocycles. The van der Waals surface area contributed by atoms with Crippen LogP contribution in [0.4, 0.5) is 0 Å². The normalized spacial score (nSPS) is 10.1. The highest BCUT2D eigenvalue weighted by molar-refractivity contribution is 7.98. The first kappa shape index (κ1) is 12.1. The largest absolute Gasteiger partial charge is 0.165 e. The smallest absolute Gasteiger partial charge is 0.00703 e. The quantitative estimate of drug-likeness (QED) is 0.383. The molecule has 0 aliphatic heterocycles. The Morgan fingerprint density at radius 2 is 1.58 bits per heavy atom. The molecule has 0 nitrogen and oxygen atoms in total. The predicted molar refractivity (Wildman–Crippen MR) is 60.9 cm³/mol. The fourth-order valence-corrected chi connectivity index (χ4v) is 1.73. The number of hydrogen-bond acceptors (Lipinski definition) is 1. The van der Waals surface area contributed by atoms with Crippen molar-refractivity contribution in [1.29, 1.82) is 0 Å². The van der Waals surface area contributed by atoms with Crippen LogP contribution in [-0.2, 0) is 0 Å². The average Bonchev–Trinajstić information content (AvgIpc) is 2.10. The van der Waals surface area contributed by atoms with Gasteiger partial charge in [-0.25, -0.2) is 0 Å². The van der Waals surface area contributed by atoms with Crippen molar-refractivity contribution in [3.8, 4) is 0 Å². The summed E-state index contributed by atoms with van der Waals surface area (Å²) >= 11 is 1.96. The lowest BCUT2D eigenvalue weighted by Crippen LogP contribution is -1.81. The lowest BCUT2D eigenvalue weighted by Gasteiger charge is -1.99. The van der Waals surface area contributed by atoms with Crippen molar-refractivity contribution in [2.45, 2.75) is 44.9 Å². The van der Waals surface area contributed by atoms with Crippen LogP contribution in [0, 0.1) is 0 Å². The molecule has 72 valence electrons. The first-order valence-electron chi connectivity index (χ1n) is 5.01. The first-order chi connectivity index (χ1) is 5.91. The summed E-state index contributed by atoms with van der Waals surface area (Å²) in [4.78, 5) is 0. The van der Waals surface area contributed by atoms with Gasteiger partial charge in [0.1, 0.15) is 0 Å². The molecule has 0 saturated heterocycles. The second-order valence-electron chi connectivity index (χ2n) is 3.19. The van der Waals surface area contributed by atoms with Gasteiger partial charge in [0, 0.05) is 0 Å². The van der Waals surface area contributed by atoms with Gasteiger partial charge in [0.15, 0.2) is 0 Å². The fraction of sp³-hybridized carbons (Fsp3) is 0.818. The Labute approximate surface area is 81.8 Å². The van der Waals surface area contributed by atoms with Gasteiger partial charge in [-0.2, -0.15) is 11.8 Å². The minimum Gasteiger partial charge on any atom is -0.165 e. The Morgan fingerprint density at radius 3 is 2.17 bits per heavy atom. The van der Waals surface area contributed by atoms with Crippen LogP contribution in [-0.4, -0.2) is 12.0 Å². The number of hydrogen-bond donors (Lipinski definition) is 0. The molecule has 0 unspecified atom stereocenters. The summed E-state index contributed by atoms with van der Waals surface area (Å²) < 4.78 is 0. The SMILES string of the molecule is C=CCCCCCCCCSC. The van der Waals surface area contributed by atoms with E-state index in [0.717, 1.165) is 0 Å². The van der Waals surface area contributed by atoms with E-state index in [-0.39, 0.29) is 0 Å². The second kappa shape index (κ2) is 11.1. The van der Waals surface area contributed by atoms with Gasteiger partial charge >= 0.3 is 0 Å². The summed E-state index contributed by atoms with van der Waals surface area (Å²) in [5.74, 6) is 1.34. The van der Waals surface area contributed by atoms with Crippen LogP contribution in [0.1, 0.15) is 44.9 Å². The zero-order valence-electron chi connectivity index (χ0n) is 8.35. The van der Waals surface area contributed by atoms with Gasteiger partial charge in [-0.15, -0.1) is 6.58 Å². The van der Waals surface area contributed by atoms with E-state index >= 15 is 0 Å². The van der Waals surface area contributed by atoms with Crippen LogP contribution in [0.2, 0.25) is 0 Å². The van der Waals surface area contributed by atoms with Crippen LogP contribution in [0.5, 0.6) is 0 Å². The van der Waals surface area contributed by atoms with Gasteiger partial charge in [-0.1, -0.05) is 31.8 Å². The average molecular weight is 186 g/mol. The maximum Gasteiger partial charge on any atom is -0.00703 e. The van der Waals surface area contributed by atoms with Crippen LogP contribution in [0.3, 0.4) is 0 Å². The highest BCUT2D eigenvalue weighted by atomic mass is 32.2. The minimum atomic E-state index is 1.20. The molecule has 0 atom stereocenters. The number of rotatable bonds is 9. The molecule has 0 rings (SSSR count). The standard InChI is InChI=1S/C11H22S/c1-3-4-5-6-7-8-9-10-11-12-2/h3H,1,4-11H2,2H3. The van der Waals surface area contributed by atoms with Crippen LogP contribution in [0.25, 0.3) is 0 Å². The Hall–Kier alpha value is 0.0900. The molecule has 0 heterocycles. The maximum atomic E-state index is 3.72. The Balaban J connectivity index is 2.77. The van der Waals surface area contributed by atoms with E-state index in [0.29, 0.717) is 0 Å². The molecule has 0 aromatic rings. The van der Waals surface area contributed by atoms with Crippen LogP contribution < -0.4 is 0 Å². The summed E-state index contributed by atoms with van der Waals surface area (Å²) in [6.07, 6.45) is 13.8. The Bertz CT molecular complexity index is 89.0. The first-order valence-corrected chi connectivity index (χ1v) is 6.41. The van der Waals surface area contributed by atoms with Crippen molar-refractivity contribution in [1.82, 2.24) is 0 Å². The number of thioether (sulfide) groups is 1. The highest BCUT2D eigenvalue weighted by Gasteiger charge is 1.89. The van der Waals surface area contributed by atoms with Crippen molar-refractivity contribution < 1.29 is 0 Å². The Morgan fingerprint density at radius 1 is 1.00 bits per heavy atom. The summed E-state index contributed by atoms with van der Waals surface area (Å²) in [5, 5.41) is 0. The molecular weight excluding hydrogens is 164 g/mol. The van der Waals surface area contributed by atoms with E-state index in [1.807, 2.05) is 17.8 Å². The zero-order chi connectivity index (χ0) is 9.07. The minimum absolute atomic E-state index is 1.20. The van der Waals surface area contributed by atoms with E-state index in [2.05, 4.69) is 12.8 Å². The highest BCUT2D eigenvalue weighted by Crippen LogP contribution is 2.08. The van der Waals surface area contributed by atoms with Gasteiger partial charge in [-0.05, 0) is 31.3 Å². The molecule has 0 aliphatic rings. The lowest BCUT2D eigenvalue weighted by atomic mass is 10.1. The van der Waals surface area contributed by atoms with Crippen LogP contribution in [0.15, 0.2) is 12.7 Å². The maximum absolute atomic E-state index is 3.72. The third-order valence-corrected chi connectivity index (χ3v) is 2.70. The summed E-state index contributed by atoms with van der Waals surface area (Å²) in [6.45, 7) is 3.72. The molecule has 0 N–H and O–H groups in total. The van der Waals surface area contributed by atoms with E-state index in [1.54, 1.807) is 0 Å². The molecule has 0 bridgehead atoms. The van der Waals surface area contributed by atoms with Gasteiger partial charge in [0.05, 0.1) is 0 Å². The third kappa shape index (κ3) is 10.1. The molecule has 0 aliphatic carbocycles. The van der Waals surface area contributed by atoms with E-state index in [1.165, 1.54) is 50.7 Å². The van der Waals surface area contributed by atoms with Gasteiger partial charge in [0.2, 0.25) is 0 Å². The number of allylic oxidation sites excluding steroid dienone is 1. The molecule has 0 saturated carbocycles. The van der Waals surface area contributed by atoms with E-state index < -0.39 is 0 Å². The van der Waals surface area contributed by atoms with Gasteiger partial charge < -0.3 is 0 Å². The fourth-order valence-electron chi connectivity index (χ4n) is 1.24. The van der Waals surface area contributed by atoms with E-state index in [9.17, 15) is 0 Å². The molecule has 0 spiro atoms. The zero-order valence-corrected chi connectivity index (χ0v) is 9.17. The predicted octanol–water partition coefficient (Wildman–Crippen LogP) is 4.27. The topological polar surface area (TPSA) is 0 Å². The summed E-state index contributed by atoms with van der Waals surface area (Å²) in [5.41, 5.74) is 0. The molecular formula is C11H22S. The van der Waals surface area contributed by atoms with Crippen molar-refractivity contribution in [3.63, 3.8) is 0 Å². The van der Waals surface area contributed by atoms with Crippen molar-refractivity contribution in [2.75, 3.05) is 12.0 Å². The summed E-state index contributed by atoms with van der Waals surface area (Å²) in [6, 6.07) is 0. The van der Waals surface area contributed by atoms with Crippen molar-refractivity contribution in [3.05, 3.63) is 12.7 Å². The monoisotopic (exact) mass is 186 g/mol. The summed E-state index contributed by atoms with van der Waals surface area (Å²) in [7, 11) is 0. The lowest BCUT2D eigenvalue weighted by molar-refractivity contribution is 0.613. The molecule has 0 aromatic heterocycles. The third-order valence-electron chi connectivity index (χ3n) is 2.01. The number of unbranched alkanes of at least 4 members (excludes halogenated alkanes) is 6. The molecule has 0 fully saturated rings.